The highest BCUT2D eigenvalue weighted by Crippen LogP contribution is 2.26. The van der Waals surface area contributed by atoms with Crippen molar-refractivity contribution in [2.24, 2.45) is 5.92 Å². The zero-order valence-corrected chi connectivity index (χ0v) is 13.3. The normalized spacial score (nSPS) is 13.8. The minimum absolute atomic E-state index is 0.0192. The summed E-state index contributed by atoms with van der Waals surface area (Å²) in [4.78, 5) is 16.1. The van der Waals surface area contributed by atoms with Crippen molar-refractivity contribution in [1.82, 2.24) is 4.98 Å². The van der Waals surface area contributed by atoms with Crippen LogP contribution in [0.1, 0.15) is 40.3 Å². The van der Waals surface area contributed by atoms with Crippen LogP contribution in [0.5, 0.6) is 0 Å². The predicted molar refractivity (Wildman–Crippen MR) is 77.0 cm³/mol. The van der Waals surface area contributed by atoms with Crippen molar-refractivity contribution in [3.8, 4) is 0 Å². The van der Waals surface area contributed by atoms with E-state index in [2.05, 4.69) is 47.0 Å². The van der Waals surface area contributed by atoms with Crippen LogP contribution in [0.15, 0.2) is 5.38 Å². The average molecular weight is 319 g/mol. The quantitative estimate of drug-likeness (QED) is 0.861. The van der Waals surface area contributed by atoms with Crippen LogP contribution in [0.2, 0.25) is 0 Å². The zero-order chi connectivity index (χ0) is 13.2. The molecule has 0 spiro atoms. The Hall–Kier alpha value is -0.420. The van der Waals surface area contributed by atoms with Gasteiger partial charge in [-0.3, -0.25) is 4.79 Å². The maximum atomic E-state index is 11.8. The van der Waals surface area contributed by atoms with Crippen molar-refractivity contribution >= 4 is 38.3 Å². The lowest BCUT2D eigenvalue weighted by Gasteiger charge is -2.14. The average Bonchev–Trinajstić information content (AvgIpc) is 2.64. The molecule has 0 aliphatic rings. The van der Waals surface area contributed by atoms with E-state index in [9.17, 15) is 4.79 Å². The first-order valence-corrected chi connectivity index (χ1v) is 7.42. The predicted octanol–water partition coefficient (Wildman–Crippen LogP) is 3.80. The van der Waals surface area contributed by atoms with Gasteiger partial charge in [0, 0.05) is 10.8 Å². The fraction of sp³-hybridized carbons (Fsp3) is 0.667. The molecule has 1 unspecified atom stereocenters. The number of anilines is 1. The van der Waals surface area contributed by atoms with Crippen LogP contribution < -0.4 is 5.32 Å². The van der Waals surface area contributed by atoms with Crippen molar-refractivity contribution in [2.45, 2.75) is 44.9 Å². The maximum absolute atomic E-state index is 11.8. The number of nitrogens with zero attached hydrogens (tertiary/aromatic N) is 1. The number of thiazole rings is 1. The van der Waals surface area contributed by atoms with E-state index in [1.54, 1.807) is 0 Å². The molecule has 5 heteroatoms. The van der Waals surface area contributed by atoms with Gasteiger partial charge in [-0.25, -0.2) is 4.98 Å². The largest absolute Gasteiger partial charge is 0.301 e. The smallest absolute Gasteiger partial charge is 0.240 e. The Balaban J connectivity index is 2.71. The van der Waals surface area contributed by atoms with Crippen LogP contribution >= 0.6 is 27.3 Å². The van der Waals surface area contributed by atoms with Crippen LogP contribution in [0.3, 0.4) is 0 Å². The number of aromatic nitrogens is 1. The lowest BCUT2D eigenvalue weighted by Crippen LogP contribution is -2.27. The molecule has 1 atom stereocenters. The molecule has 0 bridgehead atoms. The topological polar surface area (TPSA) is 42.0 Å². The van der Waals surface area contributed by atoms with Gasteiger partial charge in [0.25, 0.3) is 0 Å². The summed E-state index contributed by atoms with van der Waals surface area (Å²) in [7, 11) is 0. The molecule has 0 saturated heterocycles. The second-order valence-electron chi connectivity index (χ2n) is 5.42. The van der Waals surface area contributed by atoms with Crippen LogP contribution in [-0.4, -0.2) is 15.7 Å². The Morgan fingerprint density at radius 1 is 1.47 bits per heavy atom. The molecular weight excluding hydrogens is 300 g/mol. The van der Waals surface area contributed by atoms with E-state index in [4.69, 9.17) is 0 Å². The molecule has 0 radical (unpaired) electrons. The van der Waals surface area contributed by atoms with Gasteiger partial charge in [-0.2, -0.15) is 0 Å². The summed E-state index contributed by atoms with van der Waals surface area (Å²) in [5.41, 5.74) is 1.03. The van der Waals surface area contributed by atoms with Crippen LogP contribution in [-0.2, 0) is 10.2 Å². The third kappa shape index (κ3) is 4.07. The molecule has 0 fully saturated rings. The summed E-state index contributed by atoms with van der Waals surface area (Å²) in [5.74, 6) is 0.229. The number of hydrogen-bond acceptors (Lipinski definition) is 3. The molecule has 1 rings (SSSR count). The Morgan fingerprint density at radius 3 is 2.47 bits per heavy atom. The third-order valence-corrected chi connectivity index (χ3v) is 4.57. The summed E-state index contributed by atoms with van der Waals surface area (Å²) < 4.78 is 0. The van der Waals surface area contributed by atoms with Gasteiger partial charge in [-0.1, -0.05) is 50.5 Å². The number of carbonyl (C=O) groups excluding carboxylic acids is 1. The third-order valence-electron chi connectivity index (χ3n) is 2.34. The number of rotatable bonds is 3. The van der Waals surface area contributed by atoms with Gasteiger partial charge in [0.1, 0.15) is 0 Å². The molecular formula is C12H19BrN2OS. The van der Waals surface area contributed by atoms with Crippen molar-refractivity contribution in [2.75, 3.05) is 5.32 Å². The van der Waals surface area contributed by atoms with Gasteiger partial charge < -0.3 is 5.32 Å². The minimum Gasteiger partial charge on any atom is -0.301 e. The molecule has 1 N–H and O–H groups in total. The van der Waals surface area contributed by atoms with Crippen LogP contribution in [0.4, 0.5) is 5.13 Å². The van der Waals surface area contributed by atoms with Crippen molar-refractivity contribution in [3.05, 3.63) is 11.1 Å². The number of halogens is 1. The highest BCUT2D eigenvalue weighted by atomic mass is 79.9. The second-order valence-corrected chi connectivity index (χ2v) is 7.27. The zero-order valence-electron chi connectivity index (χ0n) is 10.9. The summed E-state index contributed by atoms with van der Waals surface area (Å²) in [6.07, 6.45) is 0. The van der Waals surface area contributed by atoms with Gasteiger partial charge >= 0.3 is 0 Å². The molecule has 1 heterocycles. The molecule has 0 aromatic carbocycles. The number of alkyl halides is 1. The van der Waals surface area contributed by atoms with Crippen molar-refractivity contribution < 1.29 is 4.79 Å². The Kier molecular flexibility index (Phi) is 4.72. The second kappa shape index (κ2) is 5.48. The summed E-state index contributed by atoms with van der Waals surface area (Å²) in [6.45, 7) is 10.3. The number of amides is 1. The lowest BCUT2D eigenvalue weighted by molar-refractivity contribution is -0.116. The van der Waals surface area contributed by atoms with Gasteiger partial charge in [0.05, 0.1) is 10.5 Å². The first-order valence-electron chi connectivity index (χ1n) is 5.62. The maximum Gasteiger partial charge on any atom is 0.240 e. The molecule has 1 aromatic rings. The molecule has 17 heavy (non-hydrogen) atoms. The van der Waals surface area contributed by atoms with Crippen LogP contribution in [0, 0.1) is 5.92 Å². The highest BCUT2D eigenvalue weighted by Gasteiger charge is 2.21. The van der Waals surface area contributed by atoms with Gasteiger partial charge in [0.2, 0.25) is 5.91 Å². The lowest BCUT2D eigenvalue weighted by atomic mass is 9.93. The fourth-order valence-corrected chi connectivity index (χ4v) is 2.21. The Morgan fingerprint density at radius 2 is 2.06 bits per heavy atom. The van der Waals surface area contributed by atoms with E-state index in [0.717, 1.165) is 5.69 Å². The number of hydrogen-bond donors (Lipinski definition) is 1. The summed E-state index contributed by atoms with van der Waals surface area (Å²) >= 11 is 4.85. The molecule has 0 saturated carbocycles. The van der Waals surface area contributed by atoms with Gasteiger partial charge in [0.15, 0.2) is 5.13 Å². The van der Waals surface area contributed by atoms with Crippen molar-refractivity contribution in [3.63, 3.8) is 0 Å². The minimum atomic E-state index is -0.176. The van der Waals surface area contributed by atoms with Crippen LogP contribution in [0.25, 0.3) is 0 Å². The Bertz CT molecular complexity index is 395. The standard InChI is InChI=1S/C12H19BrN2OS/c1-7(2)9(13)10(16)15-11-14-8(6-17-11)12(3,4)5/h6-7,9H,1-5H3,(H,14,15,16). The molecule has 0 aliphatic heterocycles. The number of nitrogens with one attached hydrogen (secondary N) is 1. The van der Waals surface area contributed by atoms with Gasteiger partial charge in [-0.15, -0.1) is 11.3 Å². The molecule has 96 valence electrons. The first-order chi connectivity index (χ1) is 7.71. The summed E-state index contributed by atoms with van der Waals surface area (Å²) in [6, 6.07) is 0. The first kappa shape index (κ1) is 14.6. The monoisotopic (exact) mass is 318 g/mol. The van der Waals surface area contributed by atoms with E-state index >= 15 is 0 Å². The van der Waals surface area contributed by atoms with E-state index in [-0.39, 0.29) is 22.1 Å². The number of carbonyl (C=O) groups is 1. The molecule has 3 nitrogen and oxygen atoms in total. The van der Waals surface area contributed by atoms with Gasteiger partial charge in [-0.05, 0) is 5.92 Å². The molecule has 0 aliphatic carbocycles. The van der Waals surface area contributed by atoms with Crippen molar-refractivity contribution in [1.29, 1.82) is 0 Å². The van der Waals surface area contributed by atoms with E-state index in [1.165, 1.54) is 11.3 Å². The van der Waals surface area contributed by atoms with E-state index in [1.807, 2.05) is 19.2 Å². The molecule has 1 amide bonds. The van der Waals surface area contributed by atoms with E-state index < -0.39 is 0 Å². The highest BCUT2D eigenvalue weighted by molar-refractivity contribution is 9.10. The Labute approximate surface area is 115 Å². The van der Waals surface area contributed by atoms with E-state index in [0.29, 0.717) is 5.13 Å². The fourth-order valence-electron chi connectivity index (χ4n) is 1.15. The summed E-state index contributed by atoms with van der Waals surface area (Å²) in [5, 5.41) is 5.50. The molecule has 1 aromatic heterocycles. The SMILES string of the molecule is CC(C)C(Br)C(=O)Nc1nc(C(C)(C)C)cs1.